The molecule has 5 atom stereocenters. The molecular weight excluding hydrogens is 621 g/mol. The zero-order valence-corrected chi connectivity index (χ0v) is 28.0. The highest BCUT2D eigenvalue weighted by Crippen LogP contribution is 2.72. The first-order valence-corrected chi connectivity index (χ1v) is 17.1. The molecule has 0 aromatic carbocycles. The highest BCUT2D eigenvalue weighted by Gasteiger charge is 2.91. The van der Waals surface area contributed by atoms with Crippen LogP contribution in [0.4, 0.5) is 5.82 Å². The molecule has 2 aromatic heterocycles. The Labute approximate surface area is 258 Å². The van der Waals surface area contributed by atoms with Crippen molar-refractivity contribution in [3.63, 3.8) is 0 Å². The summed E-state index contributed by atoms with van der Waals surface area (Å²) in [6.07, 6.45) is 0.310. The lowest BCUT2D eigenvalue weighted by molar-refractivity contribution is -0.176. The van der Waals surface area contributed by atoms with Gasteiger partial charge in [-0.3, -0.25) is 27.7 Å². The Bertz CT molecular complexity index is 1400. The SMILES string of the molecule is CC(C)(C)C(=O)SCCOP(=O)(OCCSC(=O)C(C)(C)C)OC1(C)C2OC(n3cnc4c(N)ncnc43)C(C)(O)C21O. The van der Waals surface area contributed by atoms with Gasteiger partial charge in [-0.2, -0.15) is 0 Å². The highest BCUT2D eigenvalue weighted by atomic mass is 32.2. The molecule has 0 bridgehead atoms. The fraction of sp³-hybridized carbons (Fsp3) is 0.731. The Morgan fingerprint density at radius 1 is 1.02 bits per heavy atom. The van der Waals surface area contributed by atoms with Crippen LogP contribution < -0.4 is 5.73 Å². The minimum absolute atomic E-state index is 0.0719. The monoisotopic (exact) mass is 661 g/mol. The highest BCUT2D eigenvalue weighted by molar-refractivity contribution is 8.14. The van der Waals surface area contributed by atoms with Crippen LogP contribution in [0.2, 0.25) is 0 Å². The summed E-state index contributed by atoms with van der Waals surface area (Å²) < 4.78 is 38.4. The summed E-state index contributed by atoms with van der Waals surface area (Å²) in [4.78, 5) is 36.9. The zero-order valence-electron chi connectivity index (χ0n) is 25.5. The van der Waals surface area contributed by atoms with Crippen molar-refractivity contribution in [2.45, 2.75) is 84.5 Å². The van der Waals surface area contributed by atoms with Gasteiger partial charge in [0, 0.05) is 22.3 Å². The van der Waals surface area contributed by atoms with E-state index >= 15 is 0 Å². The minimum Gasteiger partial charge on any atom is -0.382 e. The minimum atomic E-state index is -4.41. The maximum Gasteiger partial charge on any atom is 0.475 e. The third kappa shape index (κ3) is 6.27. The molecule has 0 spiro atoms. The number of ether oxygens (including phenoxy) is 1. The molecule has 2 aliphatic rings. The van der Waals surface area contributed by atoms with Crippen LogP contribution in [0.5, 0.6) is 0 Å². The number of carbonyl (C=O) groups is 2. The van der Waals surface area contributed by atoms with Crippen molar-refractivity contribution in [3.05, 3.63) is 12.7 Å². The van der Waals surface area contributed by atoms with Gasteiger partial charge >= 0.3 is 7.82 Å². The second kappa shape index (κ2) is 11.6. The van der Waals surface area contributed by atoms with Gasteiger partial charge in [0.25, 0.3) is 0 Å². The van der Waals surface area contributed by atoms with E-state index in [1.165, 1.54) is 31.1 Å². The molecule has 1 saturated carbocycles. The number of anilines is 1. The van der Waals surface area contributed by atoms with E-state index in [4.69, 9.17) is 24.0 Å². The number of hydrogen-bond acceptors (Lipinski definition) is 15. The molecular formula is C26H40N5O9PS2. The first-order chi connectivity index (χ1) is 19.7. The molecule has 4 N–H and O–H groups in total. The Hall–Kier alpha value is -1.62. The Morgan fingerprint density at radius 3 is 2.02 bits per heavy atom. The third-order valence-corrected chi connectivity index (χ3v) is 11.5. The van der Waals surface area contributed by atoms with Gasteiger partial charge in [0.05, 0.1) is 19.5 Å². The van der Waals surface area contributed by atoms with E-state index in [0.717, 1.165) is 23.5 Å². The molecule has 3 heterocycles. The summed E-state index contributed by atoms with van der Waals surface area (Å²) in [5.74, 6) is 0.478. The second-order valence-corrected chi connectivity index (χ2v) is 16.7. The number of nitrogen functional groups attached to an aromatic ring is 1. The summed E-state index contributed by atoms with van der Waals surface area (Å²) >= 11 is 2.04. The van der Waals surface area contributed by atoms with E-state index in [9.17, 15) is 24.4 Å². The van der Waals surface area contributed by atoms with Crippen LogP contribution in [0.25, 0.3) is 11.2 Å². The molecule has 17 heteroatoms. The fourth-order valence-electron chi connectivity index (χ4n) is 4.80. The number of phosphoric acid groups is 1. The maximum absolute atomic E-state index is 13.9. The predicted molar refractivity (Wildman–Crippen MR) is 162 cm³/mol. The van der Waals surface area contributed by atoms with Gasteiger partial charge in [0.2, 0.25) is 0 Å². The maximum atomic E-state index is 13.9. The number of nitrogens with two attached hydrogens (primary N) is 1. The van der Waals surface area contributed by atoms with Crippen LogP contribution in [-0.4, -0.2) is 87.6 Å². The molecule has 0 radical (unpaired) electrons. The van der Waals surface area contributed by atoms with Gasteiger partial charge in [0.15, 0.2) is 33.5 Å². The standard InChI is InChI=1S/C26H40N5O9PS2/c1-22(2,3)20(32)42-11-9-37-41(36,38-10-12-43-21(33)23(4,5)6)40-25(8)18-26(25,35)24(7,34)19(39-18)31-14-30-15-16(27)28-13-29-17(15)31/h13-14,18-19,34-35H,9-12H2,1-8H3,(H2,27,28,29). The fourth-order valence-corrected chi connectivity index (χ4v) is 8.13. The van der Waals surface area contributed by atoms with Gasteiger partial charge in [-0.1, -0.05) is 65.1 Å². The molecule has 2 fully saturated rings. The number of hydrogen-bond donors (Lipinski definition) is 3. The third-order valence-electron chi connectivity index (χ3n) is 7.37. The van der Waals surface area contributed by atoms with Crippen molar-refractivity contribution in [2.75, 3.05) is 30.5 Å². The number of imidazole rings is 1. The first kappa shape index (κ1) is 34.3. The van der Waals surface area contributed by atoms with Crippen molar-refractivity contribution < 1.29 is 42.7 Å². The number of aliphatic hydroxyl groups is 2. The molecule has 0 amide bonds. The lowest BCUT2D eigenvalue weighted by Crippen LogP contribution is -2.51. The summed E-state index contributed by atoms with van der Waals surface area (Å²) in [5, 5.41) is 23.2. The van der Waals surface area contributed by atoms with Crippen molar-refractivity contribution in [3.8, 4) is 0 Å². The lowest BCUT2D eigenvalue weighted by Gasteiger charge is -2.36. The molecule has 1 aliphatic heterocycles. The van der Waals surface area contributed by atoms with Crippen LogP contribution in [0.15, 0.2) is 12.7 Å². The van der Waals surface area contributed by atoms with Crippen molar-refractivity contribution >= 4 is 58.6 Å². The number of rotatable bonds is 11. The van der Waals surface area contributed by atoms with Gasteiger partial charge in [-0.15, -0.1) is 0 Å². The van der Waals surface area contributed by atoms with Crippen molar-refractivity contribution in [1.29, 1.82) is 0 Å². The molecule has 1 saturated heterocycles. The van der Waals surface area contributed by atoms with Crippen LogP contribution >= 0.6 is 31.3 Å². The van der Waals surface area contributed by atoms with Crippen LogP contribution in [0.1, 0.15) is 61.6 Å². The molecule has 2 aromatic rings. The first-order valence-electron chi connectivity index (χ1n) is 13.7. The molecule has 5 unspecified atom stereocenters. The summed E-state index contributed by atoms with van der Waals surface area (Å²) in [7, 11) is -4.41. The van der Waals surface area contributed by atoms with E-state index in [-0.39, 0.29) is 46.4 Å². The Kier molecular flexibility index (Phi) is 9.26. The van der Waals surface area contributed by atoms with Crippen molar-refractivity contribution in [2.24, 2.45) is 10.8 Å². The molecule has 14 nitrogen and oxygen atoms in total. The number of carbonyl (C=O) groups excluding carboxylic acids is 2. The van der Waals surface area contributed by atoms with Gasteiger partial charge < -0.3 is 20.7 Å². The average Bonchev–Trinajstić information content (AvgIpc) is 3.15. The summed E-state index contributed by atoms with van der Waals surface area (Å²) in [6, 6.07) is 0. The average molecular weight is 662 g/mol. The lowest BCUT2D eigenvalue weighted by atomic mass is 9.92. The molecule has 4 rings (SSSR count). The Morgan fingerprint density at radius 2 is 1.56 bits per heavy atom. The van der Waals surface area contributed by atoms with Gasteiger partial charge in [0.1, 0.15) is 29.2 Å². The van der Waals surface area contributed by atoms with E-state index in [0.29, 0.717) is 5.52 Å². The van der Waals surface area contributed by atoms with Gasteiger partial charge in [-0.25, -0.2) is 19.5 Å². The second-order valence-electron chi connectivity index (χ2n) is 12.9. The predicted octanol–water partition coefficient (Wildman–Crippen LogP) is 3.33. The Balaban J connectivity index is 1.49. The number of thioether (sulfide) groups is 2. The van der Waals surface area contributed by atoms with Gasteiger partial charge in [-0.05, 0) is 13.8 Å². The number of phosphoric ester groups is 1. The zero-order chi connectivity index (χ0) is 32.2. The van der Waals surface area contributed by atoms with Crippen molar-refractivity contribution in [1.82, 2.24) is 19.5 Å². The molecule has 1 aliphatic carbocycles. The summed E-state index contributed by atoms with van der Waals surface area (Å²) in [5.41, 5.74) is -0.424. The number of fused-ring (bicyclic) bond motifs is 2. The quantitative estimate of drug-likeness (QED) is 0.234. The smallest absolute Gasteiger partial charge is 0.382 e. The van der Waals surface area contributed by atoms with E-state index in [2.05, 4.69) is 15.0 Å². The topological polar surface area (TPSA) is 198 Å². The number of aromatic nitrogens is 4. The normalized spacial score (nSPS) is 29.2. The van der Waals surface area contributed by atoms with E-state index < -0.39 is 47.8 Å². The largest absolute Gasteiger partial charge is 0.475 e. The molecule has 240 valence electrons. The van der Waals surface area contributed by atoms with Crippen LogP contribution in [0.3, 0.4) is 0 Å². The number of nitrogens with zero attached hydrogens (tertiary/aromatic N) is 4. The van der Waals surface area contributed by atoms with Crippen LogP contribution in [0, 0.1) is 10.8 Å². The van der Waals surface area contributed by atoms with Crippen LogP contribution in [-0.2, 0) is 32.5 Å². The van der Waals surface area contributed by atoms with E-state index in [1.807, 2.05) is 0 Å². The molecule has 43 heavy (non-hydrogen) atoms. The van der Waals surface area contributed by atoms with E-state index in [1.54, 1.807) is 41.5 Å². The summed E-state index contributed by atoms with van der Waals surface area (Å²) in [6.45, 7) is 13.2.